The lowest BCUT2D eigenvalue weighted by atomic mass is 10.3. The Bertz CT molecular complexity index is 577. The summed E-state index contributed by atoms with van der Waals surface area (Å²) in [5.74, 6) is -0.147. The van der Waals surface area contributed by atoms with E-state index in [1.807, 2.05) is 0 Å². The first-order chi connectivity index (χ1) is 7.84. The first-order valence-electron chi connectivity index (χ1n) is 4.65. The van der Waals surface area contributed by atoms with Crippen LogP contribution in [0.2, 0.25) is 10.3 Å². The average Bonchev–Trinajstić information content (AvgIpc) is 2.52. The van der Waals surface area contributed by atoms with E-state index in [2.05, 4.69) is 9.97 Å². The van der Waals surface area contributed by atoms with Crippen LogP contribution < -0.4 is 0 Å². The standard InChI is InChI=1S/C9H6Cl2F3N3/c1-2-4-7(11)16-8-15-5(9(12,13)14)3-6(10)17(4)8/h3H,2H2,1H3. The third-order valence-electron chi connectivity index (χ3n) is 2.22. The molecule has 0 unspecified atom stereocenters. The number of hydrogen-bond donors (Lipinski definition) is 0. The maximum Gasteiger partial charge on any atom is 0.433 e. The molecular formula is C9H6Cl2F3N3. The molecule has 8 heteroatoms. The van der Waals surface area contributed by atoms with Crippen LogP contribution in [0.3, 0.4) is 0 Å². The van der Waals surface area contributed by atoms with Gasteiger partial charge in [0.1, 0.15) is 5.15 Å². The fourth-order valence-electron chi connectivity index (χ4n) is 1.48. The van der Waals surface area contributed by atoms with Crippen molar-refractivity contribution in [2.45, 2.75) is 19.5 Å². The number of nitrogens with zero attached hydrogens (tertiary/aromatic N) is 3. The molecule has 0 spiro atoms. The molecule has 3 nitrogen and oxygen atoms in total. The maximum absolute atomic E-state index is 12.5. The lowest BCUT2D eigenvalue weighted by Gasteiger charge is -2.07. The third kappa shape index (κ3) is 2.07. The molecule has 2 aromatic heterocycles. The second kappa shape index (κ2) is 4.03. The fourth-order valence-corrected chi connectivity index (χ4v) is 2.06. The first-order valence-corrected chi connectivity index (χ1v) is 5.40. The van der Waals surface area contributed by atoms with Gasteiger partial charge in [0.25, 0.3) is 0 Å². The number of halogens is 5. The molecule has 0 aliphatic carbocycles. The molecule has 0 amide bonds. The minimum atomic E-state index is -4.56. The normalized spacial score (nSPS) is 12.4. The van der Waals surface area contributed by atoms with Gasteiger partial charge in [0.2, 0.25) is 5.78 Å². The molecule has 0 saturated carbocycles. The summed E-state index contributed by atoms with van der Waals surface area (Å²) < 4.78 is 38.8. The van der Waals surface area contributed by atoms with Gasteiger partial charge in [-0.25, -0.2) is 4.98 Å². The zero-order valence-electron chi connectivity index (χ0n) is 8.52. The van der Waals surface area contributed by atoms with Gasteiger partial charge in [-0.2, -0.15) is 18.2 Å². The van der Waals surface area contributed by atoms with Crippen LogP contribution in [0.5, 0.6) is 0 Å². The van der Waals surface area contributed by atoms with Gasteiger partial charge in [0.05, 0.1) is 5.69 Å². The summed E-state index contributed by atoms with van der Waals surface area (Å²) in [6.07, 6.45) is -4.07. The molecule has 2 heterocycles. The second-order valence-electron chi connectivity index (χ2n) is 3.30. The van der Waals surface area contributed by atoms with E-state index in [1.165, 1.54) is 4.40 Å². The molecule has 2 aromatic rings. The van der Waals surface area contributed by atoms with Gasteiger partial charge >= 0.3 is 6.18 Å². The monoisotopic (exact) mass is 283 g/mol. The van der Waals surface area contributed by atoms with E-state index in [-0.39, 0.29) is 16.1 Å². The first kappa shape index (κ1) is 12.4. The Morgan fingerprint density at radius 2 is 1.94 bits per heavy atom. The molecule has 0 radical (unpaired) electrons. The van der Waals surface area contributed by atoms with E-state index in [0.29, 0.717) is 12.1 Å². The molecule has 0 aliphatic rings. The summed E-state index contributed by atoms with van der Waals surface area (Å²) in [6.45, 7) is 1.79. The minimum Gasteiger partial charge on any atom is -0.269 e. The van der Waals surface area contributed by atoms with E-state index in [9.17, 15) is 13.2 Å². The smallest absolute Gasteiger partial charge is 0.269 e. The third-order valence-corrected chi connectivity index (χ3v) is 2.80. The quantitative estimate of drug-likeness (QED) is 0.749. The van der Waals surface area contributed by atoms with Crippen LogP contribution >= 0.6 is 23.2 Å². The summed E-state index contributed by atoms with van der Waals surface area (Å²) in [6, 6.07) is 0.756. The molecule has 0 atom stereocenters. The highest BCUT2D eigenvalue weighted by Crippen LogP contribution is 2.31. The summed E-state index contributed by atoms with van der Waals surface area (Å²) in [4.78, 5) is 7.15. The molecule has 17 heavy (non-hydrogen) atoms. The van der Waals surface area contributed by atoms with Crippen molar-refractivity contribution in [2.75, 3.05) is 0 Å². The van der Waals surface area contributed by atoms with Gasteiger partial charge in [-0.15, -0.1) is 0 Å². The Morgan fingerprint density at radius 3 is 2.47 bits per heavy atom. The van der Waals surface area contributed by atoms with E-state index in [4.69, 9.17) is 23.2 Å². The van der Waals surface area contributed by atoms with E-state index < -0.39 is 11.9 Å². The topological polar surface area (TPSA) is 30.2 Å². The van der Waals surface area contributed by atoms with Gasteiger partial charge in [0, 0.05) is 6.07 Å². The zero-order valence-corrected chi connectivity index (χ0v) is 10.0. The molecule has 0 N–H and O–H groups in total. The number of imidazole rings is 1. The van der Waals surface area contributed by atoms with Crippen molar-refractivity contribution in [1.29, 1.82) is 0 Å². The number of hydrogen-bond acceptors (Lipinski definition) is 2. The number of rotatable bonds is 1. The van der Waals surface area contributed by atoms with Crippen LogP contribution in [0.4, 0.5) is 13.2 Å². The van der Waals surface area contributed by atoms with Crippen molar-refractivity contribution in [3.05, 3.63) is 27.8 Å². The Labute approximate surface area is 104 Å². The van der Waals surface area contributed by atoms with Crippen LogP contribution in [0.15, 0.2) is 6.07 Å². The van der Waals surface area contributed by atoms with Crippen LogP contribution in [-0.4, -0.2) is 14.4 Å². The van der Waals surface area contributed by atoms with Crippen LogP contribution in [-0.2, 0) is 12.6 Å². The largest absolute Gasteiger partial charge is 0.433 e. The van der Waals surface area contributed by atoms with Crippen LogP contribution in [0.25, 0.3) is 5.78 Å². The summed E-state index contributed by atoms with van der Waals surface area (Å²) in [7, 11) is 0. The molecule has 2 rings (SSSR count). The summed E-state index contributed by atoms with van der Waals surface area (Å²) in [5, 5.41) is -0.000186. The van der Waals surface area contributed by atoms with Crippen molar-refractivity contribution >= 4 is 29.0 Å². The SMILES string of the molecule is CCc1c(Cl)nc2nc(C(F)(F)F)cc(Cl)n12. The van der Waals surface area contributed by atoms with Crippen molar-refractivity contribution in [2.24, 2.45) is 0 Å². The van der Waals surface area contributed by atoms with Crippen LogP contribution in [0, 0.1) is 0 Å². The molecular weight excluding hydrogens is 278 g/mol. The summed E-state index contributed by atoms with van der Waals surface area (Å²) >= 11 is 11.6. The lowest BCUT2D eigenvalue weighted by molar-refractivity contribution is -0.141. The number of aryl methyl sites for hydroxylation is 1. The van der Waals surface area contributed by atoms with Crippen molar-refractivity contribution in [1.82, 2.24) is 14.4 Å². The molecule has 0 saturated heterocycles. The van der Waals surface area contributed by atoms with Crippen molar-refractivity contribution in [3.8, 4) is 0 Å². The predicted octanol–water partition coefficient (Wildman–Crippen LogP) is 3.62. The fraction of sp³-hybridized carbons (Fsp3) is 0.333. The second-order valence-corrected chi connectivity index (χ2v) is 4.05. The number of aromatic nitrogens is 3. The Hall–Kier alpha value is -1.01. The number of alkyl halides is 3. The van der Waals surface area contributed by atoms with Gasteiger partial charge < -0.3 is 0 Å². The lowest BCUT2D eigenvalue weighted by Crippen LogP contribution is -2.10. The highest BCUT2D eigenvalue weighted by molar-refractivity contribution is 6.31. The predicted molar refractivity (Wildman–Crippen MR) is 57.4 cm³/mol. The highest BCUT2D eigenvalue weighted by Gasteiger charge is 2.34. The Morgan fingerprint density at radius 1 is 1.29 bits per heavy atom. The summed E-state index contributed by atoms with van der Waals surface area (Å²) in [5.41, 5.74) is -0.549. The molecule has 0 aliphatic heterocycles. The molecule has 92 valence electrons. The van der Waals surface area contributed by atoms with Crippen LogP contribution in [0.1, 0.15) is 18.3 Å². The Kier molecular flexibility index (Phi) is 2.95. The highest BCUT2D eigenvalue weighted by atomic mass is 35.5. The average molecular weight is 284 g/mol. The zero-order chi connectivity index (χ0) is 12.8. The minimum absolute atomic E-state index is 0.112. The maximum atomic E-state index is 12.5. The van der Waals surface area contributed by atoms with E-state index >= 15 is 0 Å². The molecule has 0 bridgehead atoms. The van der Waals surface area contributed by atoms with E-state index in [1.54, 1.807) is 6.92 Å². The van der Waals surface area contributed by atoms with Crippen molar-refractivity contribution < 1.29 is 13.2 Å². The van der Waals surface area contributed by atoms with E-state index in [0.717, 1.165) is 6.07 Å². The van der Waals surface area contributed by atoms with Gasteiger partial charge in [-0.1, -0.05) is 30.1 Å². The van der Waals surface area contributed by atoms with Gasteiger partial charge in [-0.3, -0.25) is 4.40 Å². The van der Waals surface area contributed by atoms with Gasteiger partial charge in [-0.05, 0) is 6.42 Å². The molecule has 0 aromatic carbocycles. The van der Waals surface area contributed by atoms with Crippen molar-refractivity contribution in [3.63, 3.8) is 0 Å². The van der Waals surface area contributed by atoms with Gasteiger partial charge in [0.15, 0.2) is 10.8 Å². The molecule has 0 fully saturated rings. The Balaban J connectivity index is 2.77. The number of fused-ring (bicyclic) bond motifs is 1.